The molecule has 0 aromatic heterocycles. The van der Waals surface area contributed by atoms with Crippen molar-refractivity contribution in [2.45, 2.75) is 38.3 Å². The van der Waals surface area contributed by atoms with Crippen molar-refractivity contribution >= 4 is 5.91 Å². The van der Waals surface area contributed by atoms with E-state index < -0.39 is 0 Å². The summed E-state index contributed by atoms with van der Waals surface area (Å²) in [6.07, 6.45) is 2.21. The van der Waals surface area contributed by atoms with Crippen LogP contribution in [0.1, 0.15) is 26.2 Å². The van der Waals surface area contributed by atoms with Gasteiger partial charge in [0.05, 0.1) is 6.10 Å². The van der Waals surface area contributed by atoms with Gasteiger partial charge in [0.2, 0.25) is 5.91 Å². The molecule has 4 unspecified atom stereocenters. The van der Waals surface area contributed by atoms with E-state index in [9.17, 15) is 9.90 Å². The van der Waals surface area contributed by atoms with Crippen molar-refractivity contribution in [3.8, 4) is 0 Å². The molecule has 4 atom stereocenters. The summed E-state index contributed by atoms with van der Waals surface area (Å²) in [4.78, 5) is 13.6. The lowest BCUT2D eigenvalue weighted by molar-refractivity contribution is -0.130. The lowest BCUT2D eigenvalue weighted by Gasteiger charge is -2.19. The smallest absolute Gasteiger partial charge is 0.224 e. The number of aliphatic hydroxyl groups excluding tert-OH is 1. The monoisotopic (exact) mass is 212 g/mol. The fraction of sp³-hybridized carbons (Fsp3) is 0.909. The van der Waals surface area contributed by atoms with Crippen molar-refractivity contribution in [3.63, 3.8) is 0 Å². The summed E-state index contributed by atoms with van der Waals surface area (Å²) in [5.74, 6) is 0.991. The van der Waals surface area contributed by atoms with Crippen LogP contribution in [0.3, 0.4) is 0 Å². The van der Waals surface area contributed by atoms with Crippen LogP contribution in [-0.2, 0) is 4.79 Å². The summed E-state index contributed by atoms with van der Waals surface area (Å²) in [7, 11) is 0. The number of likely N-dealkylation sites (tertiary alicyclic amines) is 1. The first-order chi connectivity index (χ1) is 7.08. The number of hydrogen-bond donors (Lipinski definition) is 2. The molecule has 86 valence electrons. The molecule has 4 nitrogen and oxygen atoms in total. The Kier molecular flexibility index (Phi) is 2.98. The Labute approximate surface area is 90.4 Å². The van der Waals surface area contributed by atoms with Crippen molar-refractivity contribution in [3.05, 3.63) is 0 Å². The van der Waals surface area contributed by atoms with Gasteiger partial charge in [0.25, 0.3) is 0 Å². The third-order valence-electron chi connectivity index (χ3n) is 3.67. The second-order valence-corrected chi connectivity index (χ2v) is 5.05. The van der Waals surface area contributed by atoms with E-state index in [1.54, 1.807) is 0 Å². The van der Waals surface area contributed by atoms with Gasteiger partial charge < -0.3 is 15.7 Å². The van der Waals surface area contributed by atoms with Gasteiger partial charge in [-0.25, -0.2) is 0 Å². The molecule has 0 aromatic rings. The zero-order valence-corrected chi connectivity index (χ0v) is 9.22. The Hall–Kier alpha value is -0.610. The lowest BCUT2D eigenvalue weighted by atomic mass is 10.00. The molecule has 2 fully saturated rings. The van der Waals surface area contributed by atoms with Gasteiger partial charge in [-0.1, -0.05) is 0 Å². The third kappa shape index (κ3) is 2.16. The number of aliphatic hydroxyl groups is 1. The molecule has 4 heteroatoms. The molecular formula is C11H20N2O2. The zero-order valence-electron chi connectivity index (χ0n) is 9.22. The molecule has 0 spiro atoms. The van der Waals surface area contributed by atoms with Crippen molar-refractivity contribution < 1.29 is 9.90 Å². The average molecular weight is 212 g/mol. The van der Waals surface area contributed by atoms with Crippen LogP contribution in [0, 0.1) is 11.8 Å². The molecule has 1 heterocycles. The molecule has 1 saturated carbocycles. The first-order valence-electron chi connectivity index (χ1n) is 5.79. The summed E-state index contributed by atoms with van der Waals surface area (Å²) in [6, 6.07) is -0.0668. The number of nitrogens with two attached hydrogens (primary N) is 1. The van der Waals surface area contributed by atoms with E-state index >= 15 is 0 Å². The number of amides is 1. The Morgan fingerprint density at radius 2 is 2.27 bits per heavy atom. The van der Waals surface area contributed by atoms with E-state index in [4.69, 9.17) is 5.73 Å². The zero-order chi connectivity index (χ0) is 11.0. The molecule has 1 saturated heterocycles. The van der Waals surface area contributed by atoms with Crippen LogP contribution >= 0.6 is 0 Å². The van der Waals surface area contributed by atoms with Crippen molar-refractivity contribution in [1.29, 1.82) is 0 Å². The van der Waals surface area contributed by atoms with Gasteiger partial charge in [-0.3, -0.25) is 4.79 Å². The third-order valence-corrected chi connectivity index (χ3v) is 3.67. The van der Waals surface area contributed by atoms with Crippen molar-refractivity contribution in [2.24, 2.45) is 17.6 Å². The normalized spacial score (nSPS) is 36.7. The molecule has 15 heavy (non-hydrogen) atoms. The average Bonchev–Trinajstić information content (AvgIpc) is 2.67. The number of hydrogen-bond acceptors (Lipinski definition) is 3. The van der Waals surface area contributed by atoms with Crippen LogP contribution < -0.4 is 5.73 Å². The van der Waals surface area contributed by atoms with Crippen LogP contribution in [0.5, 0.6) is 0 Å². The lowest BCUT2D eigenvalue weighted by Crippen LogP contribution is -2.34. The summed E-state index contributed by atoms with van der Waals surface area (Å²) in [6.45, 7) is 3.41. The van der Waals surface area contributed by atoms with Gasteiger partial charge >= 0.3 is 0 Å². The predicted molar refractivity (Wildman–Crippen MR) is 57.1 cm³/mol. The summed E-state index contributed by atoms with van der Waals surface area (Å²) in [5, 5.41) is 9.72. The minimum atomic E-state index is -0.192. The van der Waals surface area contributed by atoms with E-state index in [2.05, 4.69) is 0 Å². The topological polar surface area (TPSA) is 66.6 Å². The molecule has 2 rings (SSSR count). The summed E-state index contributed by atoms with van der Waals surface area (Å²) >= 11 is 0. The first-order valence-corrected chi connectivity index (χ1v) is 5.79. The fourth-order valence-corrected chi connectivity index (χ4v) is 2.84. The number of nitrogens with zero attached hydrogens (tertiary/aromatic N) is 1. The number of fused-ring (bicyclic) bond motifs is 1. The second kappa shape index (κ2) is 4.10. The highest BCUT2D eigenvalue weighted by Crippen LogP contribution is 2.38. The Morgan fingerprint density at radius 3 is 2.87 bits per heavy atom. The highest BCUT2D eigenvalue weighted by molar-refractivity contribution is 5.77. The van der Waals surface area contributed by atoms with E-state index in [0.717, 1.165) is 25.9 Å². The first kappa shape index (κ1) is 10.9. The SMILES string of the molecule is CC(N)CC(=O)N1CC2CCC(O)C2C1. The molecular weight excluding hydrogens is 192 g/mol. The van der Waals surface area contributed by atoms with Crippen LogP contribution in [0.2, 0.25) is 0 Å². The minimum absolute atomic E-state index is 0.0668. The Balaban J connectivity index is 1.90. The van der Waals surface area contributed by atoms with Crippen LogP contribution in [-0.4, -0.2) is 41.1 Å². The minimum Gasteiger partial charge on any atom is -0.393 e. The van der Waals surface area contributed by atoms with Gasteiger partial charge in [-0.15, -0.1) is 0 Å². The van der Waals surface area contributed by atoms with E-state index in [1.807, 2.05) is 11.8 Å². The number of carbonyl (C=O) groups excluding carboxylic acids is 1. The maximum absolute atomic E-state index is 11.8. The maximum atomic E-state index is 11.8. The predicted octanol–water partition coefficient (Wildman–Crippen LogP) is -0.0470. The molecule has 0 bridgehead atoms. The molecule has 2 aliphatic rings. The van der Waals surface area contributed by atoms with Gasteiger partial charge in [0.1, 0.15) is 0 Å². The van der Waals surface area contributed by atoms with Gasteiger partial charge in [0.15, 0.2) is 0 Å². The highest BCUT2D eigenvalue weighted by atomic mass is 16.3. The van der Waals surface area contributed by atoms with E-state index in [-0.39, 0.29) is 18.1 Å². The summed E-state index contributed by atoms with van der Waals surface area (Å²) in [5.41, 5.74) is 5.61. The second-order valence-electron chi connectivity index (χ2n) is 5.05. The van der Waals surface area contributed by atoms with Gasteiger partial charge in [-0.2, -0.15) is 0 Å². The largest absolute Gasteiger partial charge is 0.393 e. The molecule has 1 amide bonds. The van der Waals surface area contributed by atoms with Crippen LogP contribution in [0.15, 0.2) is 0 Å². The van der Waals surface area contributed by atoms with E-state index in [1.165, 1.54) is 0 Å². The number of carbonyl (C=O) groups is 1. The van der Waals surface area contributed by atoms with E-state index in [0.29, 0.717) is 18.3 Å². The Morgan fingerprint density at radius 1 is 1.53 bits per heavy atom. The Bertz CT molecular complexity index is 255. The van der Waals surface area contributed by atoms with Crippen LogP contribution in [0.4, 0.5) is 0 Å². The molecule has 0 aromatic carbocycles. The maximum Gasteiger partial charge on any atom is 0.224 e. The van der Waals surface area contributed by atoms with Gasteiger partial charge in [0, 0.05) is 31.5 Å². The highest BCUT2D eigenvalue weighted by Gasteiger charge is 2.43. The van der Waals surface area contributed by atoms with Crippen LogP contribution in [0.25, 0.3) is 0 Å². The van der Waals surface area contributed by atoms with Crippen molar-refractivity contribution in [1.82, 2.24) is 4.90 Å². The molecule has 0 radical (unpaired) electrons. The number of rotatable bonds is 2. The summed E-state index contributed by atoms with van der Waals surface area (Å²) < 4.78 is 0. The molecule has 1 aliphatic carbocycles. The van der Waals surface area contributed by atoms with Crippen molar-refractivity contribution in [2.75, 3.05) is 13.1 Å². The van der Waals surface area contributed by atoms with Gasteiger partial charge in [-0.05, 0) is 25.7 Å². The molecule has 1 aliphatic heterocycles. The molecule has 3 N–H and O–H groups in total. The standard InChI is InChI=1S/C11H20N2O2/c1-7(12)4-11(15)13-5-8-2-3-10(14)9(8)6-13/h7-10,14H,2-6,12H2,1H3. The quantitative estimate of drug-likeness (QED) is 0.674. The fourth-order valence-electron chi connectivity index (χ4n) is 2.84.